The molecule has 2 unspecified atom stereocenters. The number of aryl methyl sites for hydroxylation is 1. The van der Waals surface area contributed by atoms with Gasteiger partial charge in [-0.1, -0.05) is 6.92 Å². The van der Waals surface area contributed by atoms with E-state index in [0.29, 0.717) is 6.54 Å². The van der Waals surface area contributed by atoms with Gasteiger partial charge in [0.15, 0.2) is 0 Å². The second-order valence-corrected chi connectivity index (χ2v) is 4.49. The van der Waals surface area contributed by atoms with E-state index in [1.165, 1.54) is 17.1 Å². The first-order valence-electron chi connectivity index (χ1n) is 6.00. The van der Waals surface area contributed by atoms with Crippen LogP contribution in [0.15, 0.2) is 12.5 Å². The minimum absolute atomic E-state index is 0.00909. The summed E-state index contributed by atoms with van der Waals surface area (Å²) < 4.78 is 1.50. The highest BCUT2D eigenvalue weighted by atomic mass is 16.6. The van der Waals surface area contributed by atoms with E-state index in [4.69, 9.17) is 5.11 Å². The topological polar surface area (TPSA) is 110 Å². The van der Waals surface area contributed by atoms with Crippen LogP contribution in [0.1, 0.15) is 20.3 Å². The van der Waals surface area contributed by atoms with E-state index in [1.54, 1.807) is 0 Å². The minimum Gasteiger partial charge on any atom is -0.396 e. The molecule has 0 bridgehead atoms. The largest absolute Gasteiger partial charge is 0.396 e. The lowest BCUT2D eigenvalue weighted by Crippen LogP contribution is -2.38. The van der Waals surface area contributed by atoms with Crippen molar-refractivity contribution in [3.8, 4) is 0 Å². The summed E-state index contributed by atoms with van der Waals surface area (Å²) in [6.07, 6.45) is 2.81. The summed E-state index contributed by atoms with van der Waals surface area (Å²) in [5.41, 5.74) is 0. The second kappa shape index (κ2) is 6.83. The molecular weight excluding hydrogens is 252 g/mol. The van der Waals surface area contributed by atoms with E-state index in [-0.39, 0.29) is 36.7 Å². The van der Waals surface area contributed by atoms with Gasteiger partial charge in [0.05, 0.1) is 0 Å². The standard InChI is InChI=1S/C11H18N4O4/c1-8(6-16)9(2)13-11(17)3-4-14-5-10(12-7-14)15(18)19/h5,7-9,16H,3-4,6H2,1-2H3,(H,13,17). The number of carbonyl (C=O) groups excluding carboxylic acids is 1. The predicted molar refractivity (Wildman–Crippen MR) is 67.4 cm³/mol. The normalized spacial score (nSPS) is 13.8. The molecular formula is C11H18N4O4. The Hall–Kier alpha value is -1.96. The molecule has 0 aliphatic heterocycles. The van der Waals surface area contributed by atoms with Crippen molar-refractivity contribution in [1.82, 2.24) is 14.9 Å². The van der Waals surface area contributed by atoms with Crippen LogP contribution in [0.2, 0.25) is 0 Å². The van der Waals surface area contributed by atoms with Crippen molar-refractivity contribution in [1.29, 1.82) is 0 Å². The monoisotopic (exact) mass is 270 g/mol. The van der Waals surface area contributed by atoms with E-state index in [2.05, 4.69) is 10.3 Å². The highest BCUT2D eigenvalue weighted by molar-refractivity contribution is 5.76. The number of amides is 1. The van der Waals surface area contributed by atoms with Crippen LogP contribution in [0.4, 0.5) is 5.82 Å². The van der Waals surface area contributed by atoms with Crippen molar-refractivity contribution in [2.24, 2.45) is 5.92 Å². The third kappa shape index (κ3) is 4.66. The first-order chi connectivity index (χ1) is 8.93. The molecule has 2 atom stereocenters. The number of imidazole rings is 1. The zero-order valence-electron chi connectivity index (χ0n) is 10.9. The van der Waals surface area contributed by atoms with Crippen LogP contribution in [-0.4, -0.2) is 38.1 Å². The van der Waals surface area contributed by atoms with E-state index in [9.17, 15) is 14.9 Å². The molecule has 0 aliphatic carbocycles. The highest BCUT2D eigenvalue weighted by Gasteiger charge is 2.14. The van der Waals surface area contributed by atoms with Crippen molar-refractivity contribution in [2.45, 2.75) is 32.9 Å². The van der Waals surface area contributed by atoms with Crippen LogP contribution in [0, 0.1) is 16.0 Å². The molecule has 0 aromatic carbocycles. The van der Waals surface area contributed by atoms with Crippen LogP contribution in [0.3, 0.4) is 0 Å². The summed E-state index contributed by atoms with van der Waals surface area (Å²) in [6, 6.07) is -0.116. The lowest BCUT2D eigenvalue weighted by atomic mass is 10.1. The van der Waals surface area contributed by atoms with Gasteiger partial charge in [-0.25, -0.2) is 0 Å². The van der Waals surface area contributed by atoms with Crippen LogP contribution < -0.4 is 5.32 Å². The Labute approximate surface area is 110 Å². The molecule has 0 saturated carbocycles. The van der Waals surface area contributed by atoms with Gasteiger partial charge in [-0.05, 0) is 22.7 Å². The Morgan fingerprint density at radius 1 is 1.63 bits per heavy atom. The average Bonchev–Trinajstić information content (AvgIpc) is 2.84. The quantitative estimate of drug-likeness (QED) is 0.547. The van der Waals surface area contributed by atoms with Crippen LogP contribution >= 0.6 is 0 Å². The van der Waals surface area contributed by atoms with E-state index in [0.717, 1.165) is 0 Å². The molecule has 0 radical (unpaired) electrons. The van der Waals surface area contributed by atoms with Crippen molar-refractivity contribution >= 4 is 11.7 Å². The summed E-state index contributed by atoms with van der Waals surface area (Å²) in [5.74, 6) is -0.412. The SMILES string of the molecule is CC(CO)C(C)NC(=O)CCn1cnc([N+](=O)[O-])c1. The van der Waals surface area contributed by atoms with Gasteiger partial charge in [-0.3, -0.25) is 4.79 Å². The summed E-state index contributed by atoms with van der Waals surface area (Å²) >= 11 is 0. The first-order valence-corrected chi connectivity index (χ1v) is 6.00. The molecule has 1 aromatic heterocycles. The van der Waals surface area contributed by atoms with Gasteiger partial charge in [-0.15, -0.1) is 0 Å². The van der Waals surface area contributed by atoms with Gasteiger partial charge in [-0.2, -0.15) is 0 Å². The van der Waals surface area contributed by atoms with E-state index < -0.39 is 4.92 Å². The van der Waals surface area contributed by atoms with Crippen molar-refractivity contribution in [2.75, 3.05) is 6.61 Å². The Kier molecular flexibility index (Phi) is 5.43. The fourth-order valence-electron chi connectivity index (χ4n) is 1.42. The lowest BCUT2D eigenvalue weighted by molar-refractivity contribution is -0.389. The number of aliphatic hydroxyl groups is 1. The lowest BCUT2D eigenvalue weighted by Gasteiger charge is -2.19. The summed E-state index contributed by atoms with van der Waals surface area (Å²) in [7, 11) is 0. The number of rotatable bonds is 7. The minimum atomic E-state index is -0.582. The number of nitrogens with zero attached hydrogens (tertiary/aromatic N) is 3. The van der Waals surface area contributed by atoms with Crippen LogP contribution in [0.25, 0.3) is 0 Å². The molecule has 0 aliphatic rings. The van der Waals surface area contributed by atoms with Crippen LogP contribution in [-0.2, 0) is 11.3 Å². The van der Waals surface area contributed by atoms with Crippen molar-refractivity contribution < 1.29 is 14.8 Å². The average molecular weight is 270 g/mol. The van der Waals surface area contributed by atoms with Crippen molar-refractivity contribution in [3.63, 3.8) is 0 Å². The maximum atomic E-state index is 11.6. The number of nitro groups is 1. The molecule has 0 fully saturated rings. The predicted octanol–water partition coefficient (Wildman–Crippen LogP) is 0.314. The van der Waals surface area contributed by atoms with E-state index >= 15 is 0 Å². The molecule has 0 spiro atoms. The Morgan fingerprint density at radius 3 is 2.84 bits per heavy atom. The molecule has 1 rings (SSSR count). The number of aliphatic hydroxyl groups excluding tert-OH is 1. The molecule has 1 heterocycles. The Bertz CT molecular complexity index is 446. The number of hydrogen-bond acceptors (Lipinski definition) is 5. The molecule has 1 aromatic rings. The maximum Gasteiger partial charge on any atom is 0.381 e. The summed E-state index contributed by atoms with van der Waals surface area (Å²) in [6.45, 7) is 3.99. The molecule has 106 valence electrons. The molecule has 8 nitrogen and oxygen atoms in total. The third-order valence-corrected chi connectivity index (χ3v) is 2.93. The summed E-state index contributed by atoms with van der Waals surface area (Å²) in [5, 5.41) is 22.1. The zero-order valence-corrected chi connectivity index (χ0v) is 10.9. The second-order valence-electron chi connectivity index (χ2n) is 4.49. The van der Waals surface area contributed by atoms with Crippen LogP contribution in [0.5, 0.6) is 0 Å². The number of carbonyl (C=O) groups is 1. The number of nitrogens with one attached hydrogen (secondary N) is 1. The zero-order chi connectivity index (χ0) is 14.4. The molecule has 1 amide bonds. The van der Waals surface area contributed by atoms with Gasteiger partial charge >= 0.3 is 5.82 Å². The molecule has 2 N–H and O–H groups in total. The molecule has 0 saturated heterocycles. The van der Waals surface area contributed by atoms with Gasteiger partial charge in [0.25, 0.3) is 0 Å². The molecule has 19 heavy (non-hydrogen) atoms. The van der Waals surface area contributed by atoms with Gasteiger partial charge in [0, 0.05) is 25.6 Å². The number of aromatic nitrogens is 2. The van der Waals surface area contributed by atoms with Gasteiger partial charge in [0.2, 0.25) is 12.2 Å². The van der Waals surface area contributed by atoms with Crippen molar-refractivity contribution in [3.05, 3.63) is 22.6 Å². The smallest absolute Gasteiger partial charge is 0.381 e. The first kappa shape index (κ1) is 15.1. The Balaban J connectivity index is 2.39. The van der Waals surface area contributed by atoms with Gasteiger partial charge in [0.1, 0.15) is 6.20 Å². The fourth-order valence-corrected chi connectivity index (χ4v) is 1.42. The van der Waals surface area contributed by atoms with E-state index in [1.807, 2.05) is 13.8 Å². The molecule has 8 heteroatoms. The third-order valence-electron chi connectivity index (χ3n) is 2.93. The number of hydrogen-bond donors (Lipinski definition) is 2. The maximum absolute atomic E-state index is 11.6. The Morgan fingerprint density at radius 2 is 2.32 bits per heavy atom. The van der Waals surface area contributed by atoms with Gasteiger partial charge < -0.3 is 25.1 Å². The fraction of sp³-hybridized carbons (Fsp3) is 0.636. The highest BCUT2D eigenvalue weighted by Crippen LogP contribution is 2.06. The summed E-state index contributed by atoms with van der Waals surface area (Å²) in [4.78, 5) is 25.1.